The SMILES string of the molecule is CCCCCCCCCCCCCCCCCCNC(=O)[C@H](Cc1ccccc1)[N+](C)(C)C. The second-order valence-electron chi connectivity index (χ2n) is 10.9. The van der Waals surface area contributed by atoms with Gasteiger partial charge in [0.05, 0.1) is 21.1 Å². The number of benzene rings is 1. The van der Waals surface area contributed by atoms with Crippen molar-refractivity contribution >= 4 is 5.91 Å². The molecule has 0 heterocycles. The van der Waals surface area contributed by atoms with E-state index in [0.717, 1.165) is 19.4 Å². The lowest BCUT2D eigenvalue weighted by atomic mass is 10.0. The standard InChI is InChI=1S/C30H54N2O/c1-5-6-7-8-9-10-11-12-13-14-15-16-17-18-19-23-26-31-30(33)29(32(2,3)4)27-28-24-21-20-22-25-28/h20-22,24-25,29H,5-19,23,26-27H2,1-4H3/p+1/t29-/m0/s1. The number of nitrogens with zero attached hydrogens (tertiary/aromatic N) is 1. The van der Waals surface area contributed by atoms with Gasteiger partial charge in [-0.1, -0.05) is 134 Å². The van der Waals surface area contributed by atoms with Gasteiger partial charge in [0.1, 0.15) is 0 Å². The van der Waals surface area contributed by atoms with Crippen LogP contribution >= 0.6 is 0 Å². The molecule has 3 nitrogen and oxygen atoms in total. The van der Waals surface area contributed by atoms with Crippen molar-refractivity contribution in [2.45, 2.75) is 122 Å². The second kappa shape index (κ2) is 19.0. The van der Waals surface area contributed by atoms with Gasteiger partial charge in [-0.05, 0) is 12.0 Å². The van der Waals surface area contributed by atoms with Crippen molar-refractivity contribution in [3.8, 4) is 0 Å². The molecule has 0 aromatic heterocycles. The van der Waals surface area contributed by atoms with E-state index in [-0.39, 0.29) is 11.9 Å². The molecule has 190 valence electrons. The molecule has 0 saturated heterocycles. The minimum absolute atomic E-state index is 0.0477. The summed E-state index contributed by atoms with van der Waals surface area (Å²) < 4.78 is 0.652. The van der Waals surface area contributed by atoms with Crippen LogP contribution in [0.4, 0.5) is 0 Å². The number of hydrogen-bond donors (Lipinski definition) is 1. The van der Waals surface area contributed by atoms with E-state index in [1.54, 1.807) is 0 Å². The first-order chi connectivity index (χ1) is 15.9. The fourth-order valence-electron chi connectivity index (χ4n) is 4.56. The average molecular weight is 460 g/mol. The molecular weight excluding hydrogens is 404 g/mol. The maximum absolute atomic E-state index is 12.8. The topological polar surface area (TPSA) is 29.1 Å². The third-order valence-electron chi connectivity index (χ3n) is 6.84. The Kier molecular flexibility index (Phi) is 17.1. The molecule has 0 aliphatic carbocycles. The lowest BCUT2D eigenvalue weighted by Crippen LogP contribution is -2.55. The van der Waals surface area contributed by atoms with Gasteiger partial charge in [-0.25, -0.2) is 0 Å². The molecule has 0 saturated carbocycles. The van der Waals surface area contributed by atoms with Crippen molar-refractivity contribution in [1.82, 2.24) is 5.32 Å². The minimum Gasteiger partial charge on any atom is -0.351 e. The predicted octanol–water partition coefficient (Wildman–Crippen LogP) is 7.68. The van der Waals surface area contributed by atoms with Crippen LogP contribution in [0.5, 0.6) is 0 Å². The number of nitrogens with one attached hydrogen (secondary N) is 1. The van der Waals surface area contributed by atoms with Gasteiger partial charge in [0.2, 0.25) is 0 Å². The summed E-state index contributed by atoms with van der Waals surface area (Å²) in [5.74, 6) is 0.187. The van der Waals surface area contributed by atoms with Crippen molar-refractivity contribution in [3.63, 3.8) is 0 Å². The van der Waals surface area contributed by atoms with Crippen molar-refractivity contribution in [1.29, 1.82) is 0 Å². The summed E-state index contributed by atoms with van der Waals surface area (Å²) in [4.78, 5) is 12.8. The quantitative estimate of drug-likeness (QED) is 0.148. The number of carbonyl (C=O) groups excluding carboxylic acids is 1. The van der Waals surface area contributed by atoms with E-state index in [2.05, 4.69) is 57.6 Å². The van der Waals surface area contributed by atoms with E-state index in [9.17, 15) is 4.79 Å². The summed E-state index contributed by atoms with van der Waals surface area (Å²) in [5, 5.41) is 3.20. The minimum atomic E-state index is -0.0477. The largest absolute Gasteiger partial charge is 0.351 e. The van der Waals surface area contributed by atoms with Crippen LogP contribution < -0.4 is 5.32 Å². The van der Waals surface area contributed by atoms with Crippen LogP contribution in [0.3, 0.4) is 0 Å². The summed E-state index contributed by atoms with van der Waals surface area (Å²) in [6.45, 7) is 3.10. The molecule has 0 bridgehead atoms. The molecular formula is C30H55N2O+. The zero-order chi connectivity index (χ0) is 24.2. The summed E-state index contributed by atoms with van der Waals surface area (Å²) in [6.07, 6.45) is 22.8. The van der Waals surface area contributed by atoms with Gasteiger partial charge in [0.25, 0.3) is 5.91 Å². The highest BCUT2D eigenvalue weighted by Crippen LogP contribution is 2.14. The van der Waals surface area contributed by atoms with Crippen LogP contribution in [0.1, 0.15) is 115 Å². The molecule has 1 aromatic rings. The Bertz CT molecular complexity index is 579. The lowest BCUT2D eigenvalue weighted by molar-refractivity contribution is -0.886. The molecule has 1 rings (SSSR count). The van der Waals surface area contributed by atoms with Gasteiger partial charge >= 0.3 is 0 Å². The molecule has 3 heteroatoms. The molecule has 1 aromatic carbocycles. The van der Waals surface area contributed by atoms with Crippen molar-refractivity contribution in [2.24, 2.45) is 0 Å². The Balaban J connectivity index is 1.98. The third kappa shape index (κ3) is 16.0. The molecule has 0 spiro atoms. The predicted molar refractivity (Wildman–Crippen MR) is 145 cm³/mol. The monoisotopic (exact) mass is 459 g/mol. The summed E-state index contributed by atoms with van der Waals surface area (Å²) in [6, 6.07) is 10.3. The molecule has 0 aliphatic rings. The number of unbranched alkanes of at least 4 members (excludes halogenated alkanes) is 15. The van der Waals surface area contributed by atoms with Crippen molar-refractivity contribution in [3.05, 3.63) is 35.9 Å². The molecule has 0 aliphatic heterocycles. The van der Waals surface area contributed by atoms with Crippen LogP contribution in [0.25, 0.3) is 0 Å². The second-order valence-corrected chi connectivity index (χ2v) is 10.9. The van der Waals surface area contributed by atoms with Crippen molar-refractivity contribution < 1.29 is 9.28 Å². The van der Waals surface area contributed by atoms with E-state index < -0.39 is 0 Å². The molecule has 1 N–H and O–H groups in total. The third-order valence-corrected chi connectivity index (χ3v) is 6.84. The zero-order valence-electron chi connectivity index (χ0n) is 22.5. The van der Waals surface area contributed by atoms with E-state index in [0.29, 0.717) is 4.48 Å². The number of likely N-dealkylation sites (N-methyl/N-ethyl adjacent to an activating group) is 1. The summed E-state index contributed by atoms with van der Waals surface area (Å²) in [7, 11) is 6.34. The highest BCUT2D eigenvalue weighted by Gasteiger charge is 2.31. The Morgan fingerprint density at radius 2 is 1.12 bits per heavy atom. The Morgan fingerprint density at radius 1 is 0.697 bits per heavy atom. The van der Waals surface area contributed by atoms with E-state index >= 15 is 0 Å². The number of carbonyl (C=O) groups is 1. The molecule has 1 atom stereocenters. The molecule has 0 radical (unpaired) electrons. The number of hydrogen-bond acceptors (Lipinski definition) is 1. The van der Waals surface area contributed by atoms with Gasteiger partial charge in [-0.2, -0.15) is 0 Å². The fourth-order valence-corrected chi connectivity index (χ4v) is 4.56. The Labute approximate surface area is 206 Å². The van der Waals surface area contributed by atoms with E-state index in [1.807, 2.05) is 6.07 Å². The highest BCUT2D eigenvalue weighted by molar-refractivity contribution is 5.80. The fraction of sp³-hybridized carbons (Fsp3) is 0.767. The average Bonchev–Trinajstić information content (AvgIpc) is 2.79. The van der Waals surface area contributed by atoms with Crippen LogP contribution in [-0.4, -0.2) is 44.1 Å². The molecule has 1 amide bonds. The van der Waals surface area contributed by atoms with Gasteiger partial charge in [-0.15, -0.1) is 0 Å². The first-order valence-corrected chi connectivity index (χ1v) is 14.1. The van der Waals surface area contributed by atoms with Crippen LogP contribution in [-0.2, 0) is 11.2 Å². The first kappa shape index (κ1) is 29.7. The van der Waals surface area contributed by atoms with Crippen LogP contribution in [0.2, 0.25) is 0 Å². The Hall–Kier alpha value is -1.35. The van der Waals surface area contributed by atoms with Gasteiger partial charge in [0.15, 0.2) is 6.04 Å². The highest BCUT2D eigenvalue weighted by atomic mass is 16.2. The van der Waals surface area contributed by atoms with Crippen LogP contribution in [0.15, 0.2) is 30.3 Å². The smallest absolute Gasteiger partial charge is 0.278 e. The normalized spacial score (nSPS) is 12.6. The Morgan fingerprint density at radius 3 is 1.55 bits per heavy atom. The maximum Gasteiger partial charge on any atom is 0.278 e. The maximum atomic E-state index is 12.8. The lowest BCUT2D eigenvalue weighted by Gasteiger charge is -2.33. The number of quaternary nitrogens is 1. The van der Waals surface area contributed by atoms with E-state index in [1.165, 1.54) is 102 Å². The number of amides is 1. The van der Waals surface area contributed by atoms with Crippen LogP contribution in [0, 0.1) is 0 Å². The van der Waals surface area contributed by atoms with Crippen molar-refractivity contribution in [2.75, 3.05) is 27.7 Å². The van der Waals surface area contributed by atoms with E-state index in [4.69, 9.17) is 0 Å². The zero-order valence-corrected chi connectivity index (χ0v) is 22.5. The van der Waals surface area contributed by atoms with Gasteiger partial charge in [-0.3, -0.25) is 4.79 Å². The first-order valence-electron chi connectivity index (χ1n) is 14.1. The van der Waals surface area contributed by atoms with Gasteiger partial charge < -0.3 is 9.80 Å². The molecule has 0 fully saturated rings. The summed E-state index contributed by atoms with van der Waals surface area (Å²) in [5.41, 5.74) is 1.23. The summed E-state index contributed by atoms with van der Waals surface area (Å²) >= 11 is 0. The van der Waals surface area contributed by atoms with Gasteiger partial charge in [0, 0.05) is 13.0 Å². The molecule has 0 unspecified atom stereocenters. The molecule has 33 heavy (non-hydrogen) atoms. The number of rotatable bonds is 21.